The Kier molecular flexibility index (Phi) is 4.19. The fourth-order valence-corrected chi connectivity index (χ4v) is 3.51. The molecule has 1 aromatic carbocycles. The standard InChI is InChI=1S/C18H27NO3/c1-17(2)13-18(10-12-21-17)9-11-20-16(22-18)14-5-7-15(8-6-14)19(3)4/h5-8,16H,9-13H2,1-4H3/t16-,18+/m1/s1. The van der Waals surface area contributed by atoms with E-state index in [4.69, 9.17) is 14.2 Å². The highest BCUT2D eigenvalue weighted by Gasteiger charge is 2.45. The van der Waals surface area contributed by atoms with Crippen molar-refractivity contribution < 1.29 is 14.2 Å². The summed E-state index contributed by atoms with van der Waals surface area (Å²) in [5, 5.41) is 0. The van der Waals surface area contributed by atoms with Gasteiger partial charge in [0.15, 0.2) is 6.29 Å². The normalized spacial score (nSPS) is 31.2. The van der Waals surface area contributed by atoms with Gasteiger partial charge in [0, 0.05) is 44.6 Å². The maximum atomic E-state index is 6.42. The van der Waals surface area contributed by atoms with E-state index in [-0.39, 0.29) is 17.5 Å². The van der Waals surface area contributed by atoms with Crippen molar-refractivity contribution in [3.05, 3.63) is 29.8 Å². The first-order valence-corrected chi connectivity index (χ1v) is 8.10. The molecule has 0 bridgehead atoms. The van der Waals surface area contributed by atoms with E-state index in [1.165, 1.54) is 5.69 Å². The molecule has 4 heteroatoms. The minimum atomic E-state index is -0.265. The SMILES string of the molecule is CN(C)c1ccc([C@@H]2OCC[C@@]3(CCOC(C)(C)C3)O2)cc1. The lowest BCUT2D eigenvalue weighted by Crippen LogP contribution is -2.50. The Bertz CT molecular complexity index is 508. The number of nitrogens with zero attached hydrogens (tertiary/aromatic N) is 1. The number of hydrogen-bond donors (Lipinski definition) is 0. The van der Waals surface area contributed by atoms with Gasteiger partial charge in [-0.1, -0.05) is 12.1 Å². The number of anilines is 1. The van der Waals surface area contributed by atoms with E-state index in [0.717, 1.165) is 38.0 Å². The van der Waals surface area contributed by atoms with Gasteiger partial charge in [-0.25, -0.2) is 0 Å². The minimum absolute atomic E-state index is 0.106. The molecule has 0 aliphatic carbocycles. The van der Waals surface area contributed by atoms with Crippen molar-refractivity contribution in [1.29, 1.82) is 0 Å². The van der Waals surface area contributed by atoms with Gasteiger partial charge in [-0.15, -0.1) is 0 Å². The highest BCUT2D eigenvalue weighted by atomic mass is 16.7. The van der Waals surface area contributed by atoms with Gasteiger partial charge < -0.3 is 19.1 Å². The molecular weight excluding hydrogens is 278 g/mol. The van der Waals surface area contributed by atoms with Crippen molar-refractivity contribution in [2.45, 2.75) is 50.6 Å². The second-order valence-electron chi connectivity index (χ2n) is 7.27. The lowest BCUT2D eigenvalue weighted by Gasteiger charge is -2.48. The van der Waals surface area contributed by atoms with Gasteiger partial charge in [-0.3, -0.25) is 0 Å². The van der Waals surface area contributed by atoms with Crippen molar-refractivity contribution in [2.24, 2.45) is 0 Å². The average molecular weight is 305 g/mol. The van der Waals surface area contributed by atoms with Gasteiger partial charge in [-0.05, 0) is 26.0 Å². The third kappa shape index (κ3) is 3.29. The minimum Gasteiger partial charge on any atom is -0.378 e. The Labute approximate surface area is 133 Å². The average Bonchev–Trinajstić information content (AvgIpc) is 2.46. The molecule has 0 amide bonds. The summed E-state index contributed by atoms with van der Waals surface area (Å²) in [6, 6.07) is 8.42. The first-order valence-electron chi connectivity index (χ1n) is 8.10. The van der Waals surface area contributed by atoms with Crippen LogP contribution in [-0.4, -0.2) is 38.5 Å². The zero-order valence-electron chi connectivity index (χ0n) is 14.1. The Hall–Kier alpha value is -1.10. The third-order valence-electron chi connectivity index (χ3n) is 4.66. The van der Waals surface area contributed by atoms with Gasteiger partial charge in [0.1, 0.15) is 0 Å². The molecule has 2 aliphatic heterocycles. The smallest absolute Gasteiger partial charge is 0.184 e. The van der Waals surface area contributed by atoms with E-state index in [1.54, 1.807) is 0 Å². The molecule has 2 atom stereocenters. The van der Waals surface area contributed by atoms with E-state index in [1.807, 2.05) is 14.1 Å². The fourth-order valence-electron chi connectivity index (χ4n) is 3.51. The van der Waals surface area contributed by atoms with E-state index < -0.39 is 0 Å². The third-order valence-corrected chi connectivity index (χ3v) is 4.66. The van der Waals surface area contributed by atoms with Crippen LogP contribution in [0.25, 0.3) is 0 Å². The summed E-state index contributed by atoms with van der Waals surface area (Å²) in [5.41, 5.74) is 2.05. The maximum absolute atomic E-state index is 6.42. The molecule has 0 radical (unpaired) electrons. The topological polar surface area (TPSA) is 30.9 Å². The molecule has 0 unspecified atom stereocenters. The van der Waals surface area contributed by atoms with Crippen LogP contribution in [0, 0.1) is 0 Å². The molecule has 2 fully saturated rings. The number of benzene rings is 1. The second kappa shape index (κ2) is 5.84. The highest BCUT2D eigenvalue weighted by Crippen LogP contribution is 2.43. The van der Waals surface area contributed by atoms with Crippen LogP contribution >= 0.6 is 0 Å². The fraction of sp³-hybridized carbons (Fsp3) is 0.667. The van der Waals surface area contributed by atoms with Crippen LogP contribution in [0.1, 0.15) is 45.0 Å². The van der Waals surface area contributed by atoms with Crippen molar-refractivity contribution >= 4 is 5.69 Å². The van der Waals surface area contributed by atoms with Crippen LogP contribution < -0.4 is 4.90 Å². The summed E-state index contributed by atoms with van der Waals surface area (Å²) in [7, 11) is 4.09. The van der Waals surface area contributed by atoms with Crippen molar-refractivity contribution in [3.63, 3.8) is 0 Å². The lowest BCUT2D eigenvalue weighted by atomic mass is 9.81. The van der Waals surface area contributed by atoms with Crippen LogP contribution in [-0.2, 0) is 14.2 Å². The number of ether oxygens (including phenoxy) is 3. The molecule has 1 spiro atoms. The van der Waals surface area contributed by atoms with E-state index >= 15 is 0 Å². The van der Waals surface area contributed by atoms with Gasteiger partial charge in [0.05, 0.1) is 24.4 Å². The molecule has 0 N–H and O–H groups in total. The Morgan fingerprint density at radius 2 is 1.73 bits per heavy atom. The molecule has 4 nitrogen and oxygen atoms in total. The molecule has 1 aromatic rings. The molecule has 0 aromatic heterocycles. The zero-order chi connectivity index (χ0) is 15.8. The molecule has 2 saturated heterocycles. The van der Waals surface area contributed by atoms with Gasteiger partial charge in [-0.2, -0.15) is 0 Å². The first-order chi connectivity index (χ1) is 10.4. The second-order valence-corrected chi connectivity index (χ2v) is 7.27. The zero-order valence-corrected chi connectivity index (χ0v) is 14.1. The number of hydrogen-bond acceptors (Lipinski definition) is 4. The summed E-state index contributed by atoms with van der Waals surface area (Å²) >= 11 is 0. The van der Waals surface area contributed by atoms with Gasteiger partial charge >= 0.3 is 0 Å². The van der Waals surface area contributed by atoms with Crippen LogP contribution in [0.15, 0.2) is 24.3 Å². The summed E-state index contributed by atoms with van der Waals surface area (Å²) in [6.45, 7) is 5.80. The predicted octanol–water partition coefficient (Wildman–Crippen LogP) is 3.52. The highest BCUT2D eigenvalue weighted by molar-refractivity contribution is 5.46. The molecule has 3 rings (SSSR count). The molecule has 0 saturated carbocycles. The molecule has 2 aliphatic rings. The summed E-state index contributed by atoms with van der Waals surface area (Å²) in [5.74, 6) is 0. The molecular formula is C18H27NO3. The summed E-state index contributed by atoms with van der Waals surface area (Å²) < 4.78 is 18.2. The van der Waals surface area contributed by atoms with Crippen LogP contribution in [0.3, 0.4) is 0 Å². The van der Waals surface area contributed by atoms with Crippen LogP contribution in [0.2, 0.25) is 0 Å². The summed E-state index contributed by atoms with van der Waals surface area (Å²) in [6.07, 6.45) is 2.56. The maximum Gasteiger partial charge on any atom is 0.184 e. The van der Waals surface area contributed by atoms with E-state index in [2.05, 4.69) is 43.0 Å². The van der Waals surface area contributed by atoms with E-state index in [9.17, 15) is 0 Å². The Morgan fingerprint density at radius 1 is 1.05 bits per heavy atom. The van der Waals surface area contributed by atoms with Gasteiger partial charge in [0.2, 0.25) is 0 Å². The Balaban J connectivity index is 1.75. The summed E-state index contributed by atoms with van der Waals surface area (Å²) in [4.78, 5) is 2.09. The predicted molar refractivity (Wildman–Crippen MR) is 87.2 cm³/mol. The monoisotopic (exact) mass is 305 g/mol. The molecule has 2 heterocycles. The van der Waals surface area contributed by atoms with E-state index in [0.29, 0.717) is 0 Å². The van der Waals surface area contributed by atoms with Crippen LogP contribution in [0.5, 0.6) is 0 Å². The number of rotatable bonds is 2. The lowest BCUT2D eigenvalue weighted by molar-refractivity contribution is -0.293. The van der Waals surface area contributed by atoms with Crippen molar-refractivity contribution in [1.82, 2.24) is 0 Å². The molecule has 22 heavy (non-hydrogen) atoms. The first kappa shape index (κ1) is 15.8. The Morgan fingerprint density at radius 3 is 2.36 bits per heavy atom. The van der Waals surface area contributed by atoms with Crippen molar-refractivity contribution in [2.75, 3.05) is 32.2 Å². The molecule has 122 valence electrons. The quantitative estimate of drug-likeness (QED) is 0.836. The van der Waals surface area contributed by atoms with Crippen molar-refractivity contribution in [3.8, 4) is 0 Å². The van der Waals surface area contributed by atoms with Crippen LogP contribution in [0.4, 0.5) is 5.69 Å². The largest absolute Gasteiger partial charge is 0.378 e. The van der Waals surface area contributed by atoms with Gasteiger partial charge in [0.25, 0.3) is 0 Å².